The molecule has 0 saturated carbocycles. The van der Waals surface area contributed by atoms with Crippen molar-refractivity contribution in [3.63, 3.8) is 0 Å². The number of halogens is 1. The molecule has 0 heterocycles. The van der Waals surface area contributed by atoms with Crippen LogP contribution in [0.4, 0.5) is 0 Å². The van der Waals surface area contributed by atoms with Crippen LogP contribution >= 0.6 is 11.6 Å². The second-order valence-electron chi connectivity index (χ2n) is 4.73. The van der Waals surface area contributed by atoms with E-state index in [-0.39, 0.29) is 5.84 Å². The van der Waals surface area contributed by atoms with Crippen LogP contribution in [0.25, 0.3) is 0 Å². The second-order valence-corrected chi connectivity index (χ2v) is 5.14. The molecule has 2 aromatic rings. The van der Waals surface area contributed by atoms with Crippen LogP contribution in [0, 0.1) is 19.3 Å². The van der Waals surface area contributed by atoms with Crippen molar-refractivity contribution in [2.24, 2.45) is 5.73 Å². The Labute approximate surface area is 123 Å². The van der Waals surface area contributed by atoms with Crippen molar-refractivity contribution in [3.05, 3.63) is 63.7 Å². The fourth-order valence-electron chi connectivity index (χ4n) is 1.94. The molecule has 0 spiro atoms. The summed E-state index contributed by atoms with van der Waals surface area (Å²) in [7, 11) is 0. The van der Waals surface area contributed by atoms with Crippen LogP contribution in [-0.2, 0) is 6.61 Å². The zero-order chi connectivity index (χ0) is 14.7. The number of hydrogen-bond donors (Lipinski definition) is 2. The SMILES string of the molecule is Cc1ccc(COc2cccc(Cl)c2C(=N)N)cc1C. The van der Waals surface area contributed by atoms with E-state index in [9.17, 15) is 0 Å². The first kappa shape index (κ1) is 14.4. The van der Waals surface area contributed by atoms with Gasteiger partial charge in [-0.05, 0) is 42.7 Å². The van der Waals surface area contributed by atoms with Gasteiger partial charge in [0.1, 0.15) is 18.2 Å². The van der Waals surface area contributed by atoms with Crippen molar-refractivity contribution in [3.8, 4) is 5.75 Å². The van der Waals surface area contributed by atoms with Gasteiger partial charge < -0.3 is 10.5 Å². The molecular formula is C16H17ClN2O. The molecule has 0 atom stereocenters. The third-order valence-electron chi connectivity index (χ3n) is 3.21. The molecule has 0 aromatic heterocycles. The van der Waals surface area contributed by atoms with Gasteiger partial charge in [-0.15, -0.1) is 0 Å². The third kappa shape index (κ3) is 3.11. The zero-order valence-electron chi connectivity index (χ0n) is 11.5. The molecule has 0 aliphatic carbocycles. The summed E-state index contributed by atoms with van der Waals surface area (Å²) in [5, 5.41) is 8.00. The van der Waals surface area contributed by atoms with Crippen LogP contribution in [0.15, 0.2) is 36.4 Å². The largest absolute Gasteiger partial charge is 0.488 e. The average Bonchev–Trinajstić information content (AvgIpc) is 2.39. The highest BCUT2D eigenvalue weighted by molar-refractivity contribution is 6.34. The summed E-state index contributed by atoms with van der Waals surface area (Å²) in [5.74, 6) is 0.439. The molecule has 104 valence electrons. The van der Waals surface area contributed by atoms with E-state index in [1.807, 2.05) is 6.07 Å². The van der Waals surface area contributed by atoms with E-state index < -0.39 is 0 Å². The van der Waals surface area contributed by atoms with Crippen molar-refractivity contribution < 1.29 is 4.74 Å². The highest BCUT2D eigenvalue weighted by Gasteiger charge is 2.11. The number of aryl methyl sites for hydroxylation is 2. The summed E-state index contributed by atoms with van der Waals surface area (Å²) < 4.78 is 5.75. The lowest BCUT2D eigenvalue weighted by Crippen LogP contribution is -2.14. The number of hydrogen-bond acceptors (Lipinski definition) is 2. The third-order valence-corrected chi connectivity index (χ3v) is 3.53. The average molecular weight is 289 g/mol. The Morgan fingerprint density at radius 3 is 2.60 bits per heavy atom. The smallest absolute Gasteiger partial charge is 0.132 e. The van der Waals surface area contributed by atoms with Crippen LogP contribution < -0.4 is 10.5 Å². The van der Waals surface area contributed by atoms with Gasteiger partial charge in [-0.1, -0.05) is 35.9 Å². The molecule has 3 N–H and O–H groups in total. The molecule has 0 aliphatic rings. The van der Waals surface area contributed by atoms with Gasteiger partial charge in [0.25, 0.3) is 0 Å². The lowest BCUT2D eigenvalue weighted by molar-refractivity contribution is 0.305. The van der Waals surface area contributed by atoms with E-state index >= 15 is 0 Å². The van der Waals surface area contributed by atoms with Crippen LogP contribution in [0.5, 0.6) is 5.75 Å². The minimum Gasteiger partial charge on any atom is -0.488 e. The molecule has 0 bridgehead atoms. The quantitative estimate of drug-likeness (QED) is 0.664. The highest BCUT2D eigenvalue weighted by atomic mass is 35.5. The lowest BCUT2D eigenvalue weighted by Gasteiger charge is -2.12. The number of benzene rings is 2. The Morgan fingerprint density at radius 2 is 1.95 bits per heavy atom. The number of nitrogen functional groups attached to an aromatic ring is 1. The van der Waals surface area contributed by atoms with Crippen molar-refractivity contribution >= 4 is 17.4 Å². The normalized spacial score (nSPS) is 10.3. The van der Waals surface area contributed by atoms with Crippen LogP contribution in [-0.4, -0.2) is 5.84 Å². The topological polar surface area (TPSA) is 59.1 Å². The van der Waals surface area contributed by atoms with Gasteiger partial charge in [-0.25, -0.2) is 0 Å². The van der Waals surface area contributed by atoms with Gasteiger partial charge in [0.2, 0.25) is 0 Å². The maximum Gasteiger partial charge on any atom is 0.132 e. The number of nitrogens with two attached hydrogens (primary N) is 1. The lowest BCUT2D eigenvalue weighted by atomic mass is 10.1. The first-order chi connectivity index (χ1) is 9.49. The molecule has 0 saturated heterocycles. The zero-order valence-corrected chi connectivity index (χ0v) is 12.3. The number of amidine groups is 1. The monoisotopic (exact) mass is 288 g/mol. The van der Waals surface area contributed by atoms with Crippen LogP contribution in [0.3, 0.4) is 0 Å². The fraction of sp³-hybridized carbons (Fsp3) is 0.188. The maximum absolute atomic E-state index is 7.58. The van der Waals surface area contributed by atoms with Crippen molar-refractivity contribution in [1.82, 2.24) is 0 Å². The first-order valence-electron chi connectivity index (χ1n) is 6.31. The van der Waals surface area contributed by atoms with Gasteiger partial charge in [0.05, 0.1) is 10.6 Å². The number of nitrogens with one attached hydrogen (secondary N) is 1. The Bertz CT molecular complexity index is 653. The van der Waals surface area contributed by atoms with Gasteiger partial charge in [-0.2, -0.15) is 0 Å². The van der Waals surface area contributed by atoms with E-state index in [4.69, 9.17) is 27.5 Å². The molecule has 20 heavy (non-hydrogen) atoms. The second kappa shape index (κ2) is 5.97. The standard InChI is InChI=1S/C16H17ClN2O/c1-10-6-7-12(8-11(10)2)9-20-14-5-3-4-13(17)15(14)16(18)19/h3-8H,9H2,1-2H3,(H3,18,19). The van der Waals surface area contributed by atoms with Gasteiger partial charge in [0.15, 0.2) is 0 Å². The molecule has 2 rings (SSSR count). The Kier molecular flexibility index (Phi) is 4.30. The molecule has 0 aliphatic heterocycles. The van der Waals surface area contributed by atoms with E-state index in [1.54, 1.807) is 18.2 Å². The number of rotatable bonds is 4. The molecular weight excluding hydrogens is 272 g/mol. The Hall–Kier alpha value is -2.00. The van der Waals surface area contributed by atoms with E-state index in [2.05, 4.69) is 26.0 Å². The van der Waals surface area contributed by atoms with Crippen LogP contribution in [0.2, 0.25) is 5.02 Å². The molecule has 4 heteroatoms. The van der Waals surface area contributed by atoms with Crippen molar-refractivity contribution in [2.75, 3.05) is 0 Å². The van der Waals surface area contributed by atoms with Crippen molar-refractivity contribution in [1.29, 1.82) is 5.41 Å². The molecule has 0 unspecified atom stereocenters. The summed E-state index contributed by atoms with van der Waals surface area (Å²) in [4.78, 5) is 0. The van der Waals surface area contributed by atoms with Crippen LogP contribution in [0.1, 0.15) is 22.3 Å². The van der Waals surface area contributed by atoms with E-state index in [0.29, 0.717) is 22.9 Å². The molecule has 0 fully saturated rings. The highest BCUT2D eigenvalue weighted by Crippen LogP contribution is 2.26. The summed E-state index contributed by atoms with van der Waals surface area (Å²) in [6, 6.07) is 11.4. The minimum atomic E-state index is -0.0920. The summed E-state index contributed by atoms with van der Waals surface area (Å²) in [6.07, 6.45) is 0. The van der Waals surface area contributed by atoms with Gasteiger partial charge >= 0.3 is 0 Å². The molecule has 0 amide bonds. The molecule has 0 radical (unpaired) electrons. The Morgan fingerprint density at radius 1 is 1.20 bits per heavy atom. The van der Waals surface area contributed by atoms with Gasteiger partial charge in [-0.3, -0.25) is 5.41 Å². The maximum atomic E-state index is 7.58. The number of ether oxygens (including phenoxy) is 1. The summed E-state index contributed by atoms with van der Waals surface area (Å²) in [6.45, 7) is 4.56. The summed E-state index contributed by atoms with van der Waals surface area (Å²) >= 11 is 6.05. The summed E-state index contributed by atoms with van der Waals surface area (Å²) in [5.41, 5.74) is 9.54. The van der Waals surface area contributed by atoms with Crippen molar-refractivity contribution in [2.45, 2.75) is 20.5 Å². The fourth-order valence-corrected chi connectivity index (χ4v) is 2.21. The predicted octanol–water partition coefficient (Wildman–Crippen LogP) is 3.82. The molecule has 2 aromatic carbocycles. The minimum absolute atomic E-state index is 0.0920. The van der Waals surface area contributed by atoms with Gasteiger partial charge in [0, 0.05) is 0 Å². The predicted molar refractivity (Wildman–Crippen MR) is 82.7 cm³/mol. The first-order valence-corrected chi connectivity index (χ1v) is 6.68. The Balaban J connectivity index is 2.21. The van der Waals surface area contributed by atoms with E-state index in [0.717, 1.165) is 5.56 Å². The van der Waals surface area contributed by atoms with E-state index in [1.165, 1.54) is 11.1 Å². The molecule has 3 nitrogen and oxygen atoms in total.